The number of H-pyrrole nitrogens is 1. The van der Waals surface area contributed by atoms with Gasteiger partial charge in [0, 0.05) is 55.5 Å². The van der Waals surface area contributed by atoms with Crippen LogP contribution in [0.3, 0.4) is 0 Å². The Labute approximate surface area is 309 Å². The van der Waals surface area contributed by atoms with Crippen LogP contribution >= 0.6 is 0 Å². The first-order valence-corrected chi connectivity index (χ1v) is 18.2. The molecule has 276 valence electrons. The van der Waals surface area contributed by atoms with Gasteiger partial charge in [0.05, 0.1) is 46.3 Å². The number of hydrogen-bond donors (Lipinski definition) is 1. The molecule has 13 heteroatoms. The van der Waals surface area contributed by atoms with Crippen LogP contribution in [0, 0.1) is 25.5 Å². The second-order valence-electron chi connectivity index (χ2n) is 15.3. The molecule has 1 fully saturated rings. The van der Waals surface area contributed by atoms with Gasteiger partial charge < -0.3 is 14.6 Å². The number of nitrogens with zero attached hydrogens (tertiary/aromatic N) is 7. The summed E-state index contributed by atoms with van der Waals surface area (Å²) in [6, 6.07) is 14.9. The average Bonchev–Trinajstić information content (AvgIpc) is 3.93. The first-order chi connectivity index (χ1) is 25.9. The Hall–Kier alpha value is -5.82. The molecule has 0 saturated carbocycles. The zero-order chi connectivity index (χ0) is 37.6. The van der Waals surface area contributed by atoms with Crippen LogP contribution in [-0.4, -0.2) is 63.2 Å². The van der Waals surface area contributed by atoms with E-state index in [9.17, 15) is 14.0 Å². The normalized spacial score (nSPS) is 17.1. The summed E-state index contributed by atoms with van der Waals surface area (Å²) in [5.41, 5.74) is 5.38. The van der Waals surface area contributed by atoms with Crippen molar-refractivity contribution >= 4 is 27.7 Å². The van der Waals surface area contributed by atoms with E-state index in [1.165, 1.54) is 27.1 Å². The third-order valence-electron chi connectivity index (χ3n) is 11.1. The number of nitrogens with one attached hydrogen (secondary N) is 1. The summed E-state index contributed by atoms with van der Waals surface area (Å²) in [7, 11) is 1.73. The van der Waals surface area contributed by atoms with Gasteiger partial charge >= 0.3 is 5.69 Å². The lowest BCUT2D eigenvalue weighted by molar-refractivity contribution is -0.0592. The van der Waals surface area contributed by atoms with E-state index >= 15 is 4.39 Å². The average molecular weight is 731 g/mol. The smallest absolute Gasteiger partial charge is 0.338 e. The van der Waals surface area contributed by atoms with Gasteiger partial charge in [0.2, 0.25) is 0 Å². The van der Waals surface area contributed by atoms with Crippen molar-refractivity contribution in [3.05, 3.63) is 123 Å². The first kappa shape index (κ1) is 34.0. The second-order valence-corrected chi connectivity index (χ2v) is 15.3. The number of imidazole rings is 1. The topological polar surface area (TPSA) is 108 Å². The summed E-state index contributed by atoms with van der Waals surface area (Å²) in [6.07, 6.45) is 6.84. The highest BCUT2D eigenvalue weighted by Gasteiger charge is 2.32. The monoisotopic (exact) mass is 730 g/mol. The highest BCUT2D eigenvalue weighted by molar-refractivity contribution is 5.98. The van der Waals surface area contributed by atoms with Crippen LogP contribution < -0.4 is 5.69 Å². The minimum atomic E-state index is -0.570. The van der Waals surface area contributed by atoms with Gasteiger partial charge in [-0.25, -0.2) is 18.3 Å². The Morgan fingerprint density at radius 1 is 1.00 bits per heavy atom. The number of aromatic nitrogens is 7. The van der Waals surface area contributed by atoms with Crippen molar-refractivity contribution in [3.8, 4) is 17.2 Å². The fraction of sp³-hybridized carbons (Fsp3) is 0.317. The molecule has 1 N–H and O–H groups in total. The Morgan fingerprint density at radius 2 is 1.78 bits per heavy atom. The van der Waals surface area contributed by atoms with Crippen molar-refractivity contribution in [1.82, 2.24) is 38.6 Å². The number of halogens is 2. The molecule has 0 unspecified atom stereocenters. The summed E-state index contributed by atoms with van der Waals surface area (Å²) in [4.78, 5) is 33.6. The maximum Gasteiger partial charge on any atom is 0.338 e. The Kier molecular flexibility index (Phi) is 7.79. The summed E-state index contributed by atoms with van der Waals surface area (Å²) in [5, 5.41) is 10.4. The van der Waals surface area contributed by atoms with E-state index in [2.05, 4.69) is 36.1 Å². The van der Waals surface area contributed by atoms with E-state index in [4.69, 9.17) is 9.84 Å². The maximum atomic E-state index is 15.8. The molecule has 0 spiro atoms. The van der Waals surface area contributed by atoms with Gasteiger partial charge in [-0.3, -0.25) is 18.6 Å². The molecule has 1 atom stereocenters. The van der Waals surface area contributed by atoms with Crippen LogP contribution in [0.1, 0.15) is 71.0 Å². The lowest BCUT2D eigenvalue weighted by atomic mass is 9.83. The number of aromatic amines is 1. The van der Waals surface area contributed by atoms with Crippen LogP contribution in [0.25, 0.3) is 39.0 Å². The number of carbonyl (C=O) groups is 1. The third-order valence-corrected chi connectivity index (χ3v) is 11.1. The van der Waals surface area contributed by atoms with Gasteiger partial charge in [0.15, 0.2) is 5.82 Å². The molecule has 2 aliphatic rings. The van der Waals surface area contributed by atoms with Crippen molar-refractivity contribution < 1.29 is 18.3 Å². The molecule has 6 heterocycles. The van der Waals surface area contributed by atoms with Crippen LogP contribution in [0.2, 0.25) is 0 Å². The lowest BCUT2D eigenvalue weighted by Crippen LogP contribution is -2.36. The van der Waals surface area contributed by atoms with Crippen LogP contribution in [0.15, 0.2) is 71.9 Å². The van der Waals surface area contributed by atoms with E-state index in [0.29, 0.717) is 63.7 Å². The fourth-order valence-electron chi connectivity index (χ4n) is 8.30. The highest BCUT2D eigenvalue weighted by atomic mass is 19.1. The molecule has 0 aliphatic carbocycles. The number of fused-ring (bicyclic) bond motifs is 3. The molecule has 9 rings (SSSR count). The largest absolute Gasteiger partial charge is 0.376 e. The van der Waals surface area contributed by atoms with Crippen molar-refractivity contribution in [3.63, 3.8) is 0 Å². The maximum absolute atomic E-state index is 15.8. The van der Waals surface area contributed by atoms with Crippen LogP contribution in [0.4, 0.5) is 8.78 Å². The minimum Gasteiger partial charge on any atom is -0.376 e. The fourth-order valence-corrected chi connectivity index (χ4v) is 8.30. The zero-order valence-electron chi connectivity index (χ0n) is 30.8. The summed E-state index contributed by atoms with van der Waals surface area (Å²) in [5.74, 6) is -0.278. The van der Waals surface area contributed by atoms with Crippen LogP contribution in [-0.2, 0) is 24.8 Å². The number of rotatable bonds is 5. The second kappa shape index (κ2) is 12.4. The molecule has 2 aliphatic heterocycles. The molecule has 1 amide bonds. The molecular formula is C41H40F2N8O3. The number of amides is 1. The summed E-state index contributed by atoms with van der Waals surface area (Å²) < 4.78 is 42.5. The Balaban J connectivity index is 1.10. The third kappa shape index (κ3) is 5.48. The molecule has 3 aromatic carbocycles. The van der Waals surface area contributed by atoms with Gasteiger partial charge in [-0.1, -0.05) is 6.07 Å². The Bertz CT molecular complexity index is 2690. The van der Waals surface area contributed by atoms with E-state index in [0.717, 1.165) is 36.0 Å². The highest BCUT2D eigenvalue weighted by Crippen LogP contribution is 2.37. The van der Waals surface area contributed by atoms with E-state index in [1.807, 2.05) is 12.1 Å². The molecular weight excluding hydrogens is 690 g/mol. The predicted molar refractivity (Wildman–Crippen MR) is 201 cm³/mol. The minimum absolute atomic E-state index is 0.0759. The molecule has 54 heavy (non-hydrogen) atoms. The molecule has 11 nitrogen and oxygen atoms in total. The molecule has 4 aromatic heterocycles. The molecule has 0 bridgehead atoms. The number of aryl methyl sites for hydroxylation is 3. The number of hydrogen-bond acceptors (Lipinski definition) is 5. The summed E-state index contributed by atoms with van der Waals surface area (Å²) in [6.45, 7) is 8.92. The number of ether oxygens (including phenoxy) is 1. The van der Waals surface area contributed by atoms with Gasteiger partial charge in [0.1, 0.15) is 17.3 Å². The van der Waals surface area contributed by atoms with E-state index in [1.54, 1.807) is 65.6 Å². The SMILES string of the molecule is Cc1cc(-n2nc3c(c2-n2ccn(-c4ccc5c(cnn5C)c4F)c2=O)CN(C(=O)c2cc4cc([C@H]5CCOC(C)(C)C5)ccc4[nH]2)CC3)cc(C)c1F. The van der Waals surface area contributed by atoms with E-state index in [-0.39, 0.29) is 29.6 Å². The van der Waals surface area contributed by atoms with Gasteiger partial charge in [-0.15, -0.1) is 0 Å². The first-order valence-electron chi connectivity index (χ1n) is 18.2. The standard InChI is InChI=1S/C41H40F2N8O3/c1-23-16-28(17-24(2)36(23)42)51-38(50-14-13-49(40(50)53)35-9-8-34-29(37(35)43)21-44-47(34)5)30-22-48(12-10-32(30)46-51)39(52)33-19-27-18-25(6-7-31(27)45-33)26-11-15-54-41(3,4)20-26/h6-9,13-14,16-19,21,26,45H,10-12,15,20,22H2,1-5H3/t26-/m0/s1. The van der Waals surface area contributed by atoms with Crippen molar-refractivity contribution in [1.29, 1.82) is 0 Å². The summed E-state index contributed by atoms with van der Waals surface area (Å²) >= 11 is 0. The van der Waals surface area contributed by atoms with E-state index < -0.39 is 11.5 Å². The van der Waals surface area contributed by atoms with Crippen molar-refractivity contribution in [2.75, 3.05) is 13.2 Å². The molecule has 0 radical (unpaired) electrons. The lowest BCUT2D eigenvalue weighted by Gasteiger charge is -2.35. The van der Waals surface area contributed by atoms with Crippen molar-refractivity contribution in [2.45, 2.75) is 65.0 Å². The predicted octanol–water partition coefficient (Wildman–Crippen LogP) is 6.95. The molecule has 7 aromatic rings. The van der Waals surface area contributed by atoms with Crippen molar-refractivity contribution in [2.24, 2.45) is 7.05 Å². The van der Waals surface area contributed by atoms with Gasteiger partial charge in [0.25, 0.3) is 5.91 Å². The van der Waals surface area contributed by atoms with Gasteiger partial charge in [-0.2, -0.15) is 10.2 Å². The van der Waals surface area contributed by atoms with Gasteiger partial charge in [-0.05, 0) is 106 Å². The number of carbonyl (C=O) groups excluding carboxylic acids is 1. The van der Waals surface area contributed by atoms with Crippen LogP contribution in [0.5, 0.6) is 0 Å². The Morgan fingerprint density at radius 3 is 2.56 bits per heavy atom. The zero-order valence-corrected chi connectivity index (χ0v) is 30.8. The molecule has 1 saturated heterocycles. The quantitative estimate of drug-likeness (QED) is 0.206. The number of benzene rings is 3.